The van der Waals surface area contributed by atoms with Crippen LogP contribution in [-0.4, -0.2) is 43.6 Å². The summed E-state index contributed by atoms with van der Waals surface area (Å²) in [7, 11) is 3.01. The number of hydrogen-bond acceptors (Lipinski definition) is 6. The maximum Gasteiger partial charge on any atom is 0.331 e. The summed E-state index contributed by atoms with van der Waals surface area (Å²) in [5.74, 6) is 0.0824. The first-order chi connectivity index (χ1) is 15.4. The Balaban J connectivity index is 1.90. The van der Waals surface area contributed by atoms with Crippen molar-refractivity contribution in [3.05, 3.63) is 57.6 Å². The first kappa shape index (κ1) is 23.3. The van der Waals surface area contributed by atoms with Crippen LogP contribution in [-0.2, 0) is 16.1 Å². The van der Waals surface area contributed by atoms with E-state index in [1.54, 1.807) is 36.4 Å². The van der Waals surface area contributed by atoms with Crippen molar-refractivity contribution in [1.82, 2.24) is 10.2 Å². The zero-order valence-electron chi connectivity index (χ0n) is 17.9. The van der Waals surface area contributed by atoms with Crippen molar-refractivity contribution < 1.29 is 28.6 Å². The predicted molar refractivity (Wildman–Crippen MR) is 122 cm³/mol. The molecular weight excluding hydrogens is 480 g/mol. The Morgan fingerprint density at radius 3 is 2.41 bits per heavy atom. The molecule has 2 aromatic carbocycles. The molecule has 0 radical (unpaired) electrons. The maximum absolute atomic E-state index is 13.1. The summed E-state index contributed by atoms with van der Waals surface area (Å²) in [6.07, 6.45) is 2.25. The van der Waals surface area contributed by atoms with Gasteiger partial charge in [-0.1, -0.05) is 28.9 Å². The largest absolute Gasteiger partial charge is 0.496 e. The number of methoxy groups -OCH3 is 2. The molecular formula is C23H23BrN2O6. The van der Waals surface area contributed by atoms with E-state index >= 15 is 0 Å². The highest BCUT2D eigenvalue weighted by atomic mass is 79.9. The summed E-state index contributed by atoms with van der Waals surface area (Å²) < 4.78 is 17.1. The lowest BCUT2D eigenvalue weighted by atomic mass is 10.1. The van der Waals surface area contributed by atoms with Gasteiger partial charge >= 0.3 is 6.03 Å². The fraction of sp³-hybridized carbons (Fsp3) is 0.261. The van der Waals surface area contributed by atoms with Gasteiger partial charge < -0.3 is 14.2 Å². The highest BCUT2D eigenvalue weighted by Gasteiger charge is 2.36. The Morgan fingerprint density at radius 1 is 1.00 bits per heavy atom. The van der Waals surface area contributed by atoms with Crippen LogP contribution in [0.4, 0.5) is 4.79 Å². The number of amides is 4. The van der Waals surface area contributed by atoms with Crippen LogP contribution >= 0.6 is 15.9 Å². The molecule has 1 N–H and O–H groups in total. The van der Waals surface area contributed by atoms with Gasteiger partial charge in [-0.2, -0.15) is 0 Å². The van der Waals surface area contributed by atoms with E-state index < -0.39 is 17.8 Å². The molecule has 1 aliphatic rings. The van der Waals surface area contributed by atoms with E-state index in [4.69, 9.17) is 14.2 Å². The Bertz CT molecular complexity index is 1080. The second-order valence-electron chi connectivity index (χ2n) is 6.93. The summed E-state index contributed by atoms with van der Waals surface area (Å²) >= 11 is 3.36. The quantitative estimate of drug-likeness (QED) is 0.434. The molecule has 0 bridgehead atoms. The number of ether oxygens (including phenoxy) is 3. The lowest BCUT2D eigenvalue weighted by molar-refractivity contribution is -0.130. The van der Waals surface area contributed by atoms with E-state index in [1.807, 2.05) is 6.92 Å². The van der Waals surface area contributed by atoms with Gasteiger partial charge in [0, 0.05) is 10.0 Å². The topological polar surface area (TPSA) is 94.2 Å². The molecule has 3 rings (SSSR count). The number of benzene rings is 2. The van der Waals surface area contributed by atoms with Crippen LogP contribution in [0, 0.1) is 0 Å². The molecule has 0 aliphatic carbocycles. The van der Waals surface area contributed by atoms with Gasteiger partial charge in [-0.25, -0.2) is 4.79 Å². The third-order valence-electron chi connectivity index (χ3n) is 4.71. The molecule has 0 aromatic heterocycles. The van der Waals surface area contributed by atoms with Crippen LogP contribution < -0.4 is 19.5 Å². The molecule has 9 heteroatoms. The molecule has 0 spiro atoms. The zero-order chi connectivity index (χ0) is 23.3. The number of urea groups is 1. The van der Waals surface area contributed by atoms with Crippen molar-refractivity contribution >= 4 is 39.9 Å². The number of halogens is 1. The van der Waals surface area contributed by atoms with Crippen LogP contribution in [0.3, 0.4) is 0 Å². The Hall–Kier alpha value is -3.33. The van der Waals surface area contributed by atoms with Crippen LogP contribution in [0.5, 0.6) is 17.2 Å². The summed E-state index contributed by atoms with van der Waals surface area (Å²) in [5.41, 5.74) is 0.993. The Morgan fingerprint density at radius 2 is 1.72 bits per heavy atom. The molecule has 168 valence electrons. The van der Waals surface area contributed by atoms with Crippen LogP contribution in [0.2, 0.25) is 0 Å². The summed E-state index contributed by atoms with van der Waals surface area (Å²) in [6.45, 7) is 2.49. The minimum atomic E-state index is -0.788. The van der Waals surface area contributed by atoms with Gasteiger partial charge in [-0.15, -0.1) is 0 Å². The van der Waals surface area contributed by atoms with E-state index in [9.17, 15) is 14.4 Å². The fourth-order valence-corrected chi connectivity index (χ4v) is 3.51. The third kappa shape index (κ3) is 5.11. The molecule has 0 saturated carbocycles. The standard InChI is InChI=1S/C23H23BrN2O6/c1-4-9-32-19-7-5-14(10-20(19)31-3)13-26-22(28)17(21(27)25-23(26)29)12-15-11-16(24)6-8-18(15)30-2/h5-8,10-12H,4,9,13H2,1-3H3,(H,25,27,29)/b17-12+. The number of nitrogens with zero attached hydrogens (tertiary/aromatic N) is 1. The minimum absolute atomic E-state index is 0.0463. The molecule has 1 aliphatic heterocycles. The lowest BCUT2D eigenvalue weighted by Gasteiger charge is -2.26. The number of imide groups is 2. The molecule has 4 amide bonds. The van der Waals surface area contributed by atoms with Crippen molar-refractivity contribution in [3.8, 4) is 17.2 Å². The monoisotopic (exact) mass is 502 g/mol. The van der Waals surface area contributed by atoms with Gasteiger partial charge in [-0.3, -0.25) is 19.8 Å². The smallest absolute Gasteiger partial charge is 0.331 e. The van der Waals surface area contributed by atoms with Crippen molar-refractivity contribution in [2.45, 2.75) is 19.9 Å². The SMILES string of the molecule is CCCOc1ccc(CN2C(=O)NC(=O)/C(=C\c3cc(Br)ccc3OC)C2=O)cc1OC. The number of nitrogens with one attached hydrogen (secondary N) is 1. The van der Waals surface area contributed by atoms with Gasteiger partial charge in [0.25, 0.3) is 11.8 Å². The second kappa shape index (κ2) is 10.3. The van der Waals surface area contributed by atoms with Crippen molar-refractivity contribution in [1.29, 1.82) is 0 Å². The molecule has 0 atom stereocenters. The van der Waals surface area contributed by atoms with E-state index in [0.717, 1.165) is 15.8 Å². The highest BCUT2D eigenvalue weighted by Crippen LogP contribution is 2.30. The van der Waals surface area contributed by atoms with Gasteiger partial charge in [0.1, 0.15) is 11.3 Å². The van der Waals surface area contributed by atoms with Gasteiger partial charge in [-0.05, 0) is 48.4 Å². The summed E-state index contributed by atoms with van der Waals surface area (Å²) in [5, 5.41) is 2.22. The fourth-order valence-electron chi connectivity index (χ4n) is 3.14. The zero-order valence-corrected chi connectivity index (χ0v) is 19.5. The molecule has 1 heterocycles. The van der Waals surface area contributed by atoms with E-state index in [1.165, 1.54) is 20.3 Å². The van der Waals surface area contributed by atoms with Crippen molar-refractivity contribution in [3.63, 3.8) is 0 Å². The molecule has 1 saturated heterocycles. The normalized spacial score (nSPS) is 15.1. The minimum Gasteiger partial charge on any atom is -0.496 e. The average molecular weight is 503 g/mol. The summed E-state index contributed by atoms with van der Waals surface area (Å²) in [4.78, 5) is 38.9. The number of rotatable bonds is 8. The van der Waals surface area contributed by atoms with E-state index in [0.29, 0.717) is 35.0 Å². The molecule has 32 heavy (non-hydrogen) atoms. The molecule has 8 nitrogen and oxygen atoms in total. The number of hydrogen-bond donors (Lipinski definition) is 1. The third-order valence-corrected chi connectivity index (χ3v) is 5.20. The lowest BCUT2D eigenvalue weighted by Crippen LogP contribution is -2.53. The first-order valence-electron chi connectivity index (χ1n) is 9.90. The molecule has 1 fully saturated rings. The highest BCUT2D eigenvalue weighted by molar-refractivity contribution is 9.10. The average Bonchev–Trinajstić information content (AvgIpc) is 2.78. The van der Waals surface area contributed by atoms with Gasteiger partial charge in [0.15, 0.2) is 11.5 Å². The predicted octanol–water partition coefficient (Wildman–Crippen LogP) is 3.92. The number of carbonyl (C=O) groups is 3. The second-order valence-corrected chi connectivity index (χ2v) is 7.84. The van der Waals surface area contributed by atoms with Crippen molar-refractivity contribution in [2.75, 3.05) is 20.8 Å². The van der Waals surface area contributed by atoms with Crippen LogP contribution in [0.15, 0.2) is 46.4 Å². The Labute approximate surface area is 194 Å². The van der Waals surface area contributed by atoms with Gasteiger partial charge in [0.2, 0.25) is 0 Å². The van der Waals surface area contributed by atoms with Crippen LogP contribution in [0.25, 0.3) is 6.08 Å². The Kier molecular flexibility index (Phi) is 7.53. The van der Waals surface area contributed by atoms with Crippen molar-refractivity contribution in [2.24, 2.45) is 0 Å². The number of barbiturate groups is 1. The maximum atomic E-state index is 13.1. The van der Waals surface area contributed by atoms with Gasteiger partial charge in [0.05, 0.1) is 27.4 Å². The molecule has 0 unspecified atom stereocenters. The summed E-state index contributed by atoms with van der Waals surface area (Å²) in [6, 6.07) is 9.58. The van der Waals surface area contributed by atoms with Crippen LogP contribution in [0.1, 0.15) is 24.5 Å². The molecule has 2 aromatic rings. The van der Waals surface area contributed by atoms with E-state index in [2.05, 4.69) is 21.2 Å². The number of carbonyl (C=O) groups excluding carboxylic acids is 3. The first-order valence-corrected chi connectivity index (χ1v) is 10.7. The van der Waals surface area contributed by atoms with E-state index in [-0.39, 0.29) is 12.1 Å².